The average molecular weight is 414 g/mol. The fraction of sp³-hybridized carbons (Fsp3) is 0.136. The van der Waals surface area contributed by atoms with Crippen molar-refractivity contribution in [3.8, 4) is 22.4 Å². The average Bonchev–Trinajstić information content (AvgIpc) is 3.36. The third-order valence-corrected chi connectivity index (χ3v) is 5.04. The lowest BCUT2D eigenvalue weighted by molar-refractivity contribution is -0.516. The van der Waals surface area contributed by atoms with E-state index in [-0.39, 0.29) is 18.2 Å². The van der Waals surface area contributed by atoms with Crippen LogP contribution in [-0.4, -0.2) is 24.9 Å². The molecule has 31 heavy (non-hydrogen) atoms. The van der Waals surface area contributed by atoms with Crippen molar-refractivity contribution in [2.75, 3.05) is 5.73 Å². The lowest BCUT2D eigenvalue weighted by Gasteiger charge is -2.10. The molecule has 4 aromatic heterocycles. The van der Waals surface area contributed by atoms with Crippen LogP contribution in [0.2, 0.25) is 0 Å². The van der Waals surface area contributed by atoms with Crippen LogP contribution in [0.5, 0.6) is 0 Å². The first-order valence-electron chi connectivity index (χ1n) is 9.75. The van der Waals surface area contributed by atoms with Crippen molar-refractivity contribution in [1.82, 2.24) is 24.9 Å². The number of fused-ring (bicyclic) bond motifs is 1. The number of hydrogen-bond donors (Lipinski definition) is 2. The second-order valence-electron chi connectivity index (χ2n) is 7.35. The first kappa shape index (κ1) is 18.7. The summed E-state index contributed by atoms with van der Waals surface area (Å²) in [5, 5.41) is 7.10. The van der Waals surface area contributed by atoms with Gasteiger partial charge in [-0.1, -0.05) is 35.5 Å². The van der Waals surface area contributed by atoms with Gasteiger partial charge in [0.2, 0.25) is 5.65 Å². The molecule has 5 rings (SSSR count). The van der Waals surface area contributed by atoms with E-state index in [0.29, 0.717) is 17.0 Å². The van der Waals surface area contributed by atoms with Gasteiger partial charge < -0.3 is 10.3 Å². The molecule has 1 aromatic carbocycles. The number of nitrogens with one attached hydrogen (secondary N) is 1. The Kier molecular flexibility index (Phi) is 4.36. The molecule has 0 fully saturated rings. The lowest BCUT2D eigenvalue weighted by Crippen LogP contribution is -2.44. The number of hydrogen-bond acceptors (Lipinski definition) is 6. The number of H-pyrrole nitrogens is 1. The summed E-state index contributed by atoms with van der Waals surface area (Å²) in [7, 11) is 0. The molecule has 0 spiro atoms. The molecule has 0 aliphatic rings. The summed E-state index contributed by atoms with van der Waals surface area (Å²) in [6.07, 6.45) is 1.47. The smallest absolute Gasteiger partial charge is 0.364 e. The van der Waals surface area contributed by atoms with Crippen molar-refractivity contribution in [3.63, 3.8) is 0 Å². The highest BCUT2D eigenvalue weighted by Crippen LogP contribution is 2.33. The van der Waals surface area contributed by atoms with Crippen molar-refractivity contribution < 1.29 is 8.92 Å². The van der Waals surface area contributed by atoms with Crippen LogP contribution in [0.4, 0.5) is 5.95 Å². The zero-order valence-electron chi connectivity index (χ0n) is 17.0. The van der Waals surface area contributed by atoms with Crippen LogP contribution in [-0.2, 0) is 6.54 Å². The number of nitrogens with zero attached hydrogens (tertiary/aromatic N) is 5. The largest absolute Gasteiger partial charge is 0.428 e. The standard InChI is InChI=1S/C22H19N7O2/c1-13-10-16(11-14(2)24-13)18-19(15-6-4-3-5-7-15)25-21(23)29-20(18)26-28(22(29)30)12-17-8-9-31-27-17/h3-11H,12H2,1-2H3,(H2,23,24,25,26)/p+1. The summed E-state index contributed by atoms with van der Waals surface area (Å²) in [5.74, 6) is 0.0975. The summed E-state index contributed by atoms with van der Waals surface area (Å²) in [5.41, 5.74) is 12.0. The normalized spacial score (nSPS) is 11.3. The number of nitrogen functional groups attached to an aromatic ring is 1. The molecule has 3 N–H and O–H groups in total. The molecule has 0 radical (unpaired) electrons. The highest BCUT2D eigenvalue weighted by Gasteiger charge is 2.26. The molecule has 154 valence electrons. The van der Waals surface area contributed by atoms with E-state index in [1.807, 2.05) is 56.3 Å². The van der Waals surface area contributed by atoms with Gasteiger partial charge in [0.25, 0.3) is 0 Å². The summed E-state index contributed by atoms with van der Waals surface area (Å²) in [6, 6.07) is 15.4. The zero-order valence-corrected chi connectivity index (χ0v) is 17.0. The highest BCUT2D eigenvalue weighted by molar-refractivity contribution is 5.88. The lowest BCUT2D eigenvalue weighted by atomic mass is 9.99. The zero-order chi connectivity index (χ0) is 21.5. The van der Waals surface area contributed by atoms with Crippen LogP contribution in [0, 0.1) is 13.8 Å². The van der Waals surface area contributed by atoms with Gasteiger partial charge >= 0.3 is 11.6 Å². The fourth-order valence-electron chi connectivity index (χ4n) is 3.80. The van der Waals surface area contributed by atoms with Crippen LogP contribution in [0.1, 0.15) is 17.1 Å². The number of anilines is 1. The predicted molar refractivity (Wildman–Crippen MR) is 114 cm³/mol. The second-order valence-corrected chi connectivity index (χ2v) is 7.35. The van der Waals surface area contributed by atoms with Gasteiger partial charge in [-0.15, -0.1) is 9.38 Å². The molecule has 0 saturated carbocycles. The molecule has 0 atom stereocenters. The number of nitrogens with two attached hydrogens (primary N) is 1. The third-order valence-electron chi connectivity index (χ3n) is 5.04. The molecule has 0 unspecified atom stereocenters. The fourth-order valence-corrected chi connectivity index (χ4v) is 3.80. The van der Waals surface area contributed by atoms with Gasteiger partial charge in [0.15, 0.2) is 0 Å². The minimum atomic E-state index is -0.341. The van der Waals surface area contributed by atoms with E-state index < -0.39 is 0 Å². The van der Waals surface area contributed by atoms with Crippen LogP contribution in [0.3, 0.4) is 0 Å². The summed E-state index contributed by atoms with van der Waals surface area (Å²) < 4.78 is 7.71. The maximum Gasteiger partial charge on any atom is 0.428 e. The Labute approximate surface area is 176 Å². The number of pyridine rings is 1. The highest BCUT2D eigenvalue weighted by atomic mass is 16.5. The first-order valence-corrected chi connectivity index (χ1v) is 9.75. The van der Waals surface area contributed by atoms with Gasteiger partial charge in [-0.25, -0.2) is 9.89 Å². The maximum absolute atomic E-state index is 13.1. The molecule has 5 aromatic rings. The Hall–Kier alpha value is -4.27. The number of aromatic nitrogens is 6. The van der Waals surface area contributed by atoms with Crippen molar-refractivity contribution >= 4 is 11.6 Å². The molecule has 0 aliphatic carbocycles. The van der Waals surface area contributed by atoms with E-state index in [2.05, 4.69) is 20.2 Å². The topological polar surface area (TPSA) is 120 Å². The molecule has 0 saturated heterocycles. The van der Waals surface area contributed by atoms with Crippen LogP contribution in [0.15, 0.2) is 64.1 Å². The molecule has 9 nitrogen and oxygen atoms in total. The van der Waals surface area contributed by atoms with Gasteiger partial charge in [0, 0.05) is 23.0 Å². The van der Waals surface area contributed by atoms with Crippen LogP contribution >= 0.6 is 0 Å². The molecule has 9 heteroatoms. The minimum absolute atomic E-state index is 0.0975. The Morgan fingerprint density at radius 1 is 1.06 bits per heavy atom. The summed E-state index contributed by atoms with van der Waals surface area (Å²) in [6.45, 7) is 4.09. The van der Waals surface area contributed by atoms with Gasteiger partial charge in [-0.3, -0.25) is 4.98 Å². The Morgan fingerprint density at radius 3 is 2.48 bits per heavy atom. The van der Waals surface area contributed by atoms with Gasteiger partial charge in [0.05, 0.1) is 5.56 Å². The quantitative estimate of drug-likeness (QED) is 0.435. The minimum Gasteiger partial charge on any atom is -0.364 e. The van der Waals surface area contributed by atoms with E-state index in [0.717, 1.165) is 28.1 Å². The van der Waals surface area contributed by atoms with Crippen molar-refractivity contribution in [2.45, 2.75) is 20.4 Å². The van der Waals surface area contributed by atoms with E-state index >= 15 is 0 Å². The van der Waals surface area contributed by atoms with Gasteiger partial charge in [-0.05, 0) is 31.5 Å². The third kappa shape index (κ3) is 3.25. The Balaban J connectivity index is 1.85. The van der Waals surface area contributed by atoms with Crippen molar-refractivity contribution in [3.05, 3.63) is 82.4 Å². The molecule has 0 aliphatic heterocycles. The number of aromatic amines is 1. The number of rotatable bonds is 4. The maximum atomic E-state index is 13.1. The van der Waals surface area contributed by atoms with E-state index in [1.165, 1.54) is 15.3 Å². The van der Waals surface area contributed by atoms with Crippen LogP contribution < -0.4 is 15.8 Å². The van der Waals surface area contributed by atoms with Crippen LogP contribution in [0.25, 0.3) is 28.0 Å². The summed E-state index contributed by atoms with van der Waals surface area (Å²) in [4.78, 5) is 22.3. The molecule has 0 amide bonds. The SMILES string of the molecule is Cc1cc(-c2c(-c3ccccc3)nc(N)[n+]3c(=O)n(Cc4ccon4)[nH]c23)cc(C)n1. The first-order chi connectivity index (χ1) is 15.0. The van der Waals surface area contributed by atoms with Crippen molar-refractivity contribution in [2.24, 2.45) is 0 Å². The Bertz CT molecular complexity index is 1430. The predicted octanol–water partition coefficient (Wildman–Crippen LogP) is 2.27. The van der Waals surface area contributed by atoms with Gasteiger partial charge in [-0.2, -0.15) is 4.68 Å². The number of benzene rings is 1. The number of aryl methyl sites for hydroxylation is 2. The Morgan fingerprint density at radius 2 is 1.81 bits per heavy atom. The van der Waals surface area contributed by atoms with E-state index in [4.69, 9.17) is 10.3 Å². The van der Waals surface area contributed by atoms with E-state index in [1.54, 1.807) is 6.07 Å². The van der Waals surface area contributed by atoms with Crippen molar-refractivity contribution in [1.29, 1.82) is 0 Å². The molecular weight excluding hydrogens is 394 g/mol. The second kappa shape index (κ2) is 7.21. The van der Waals surface area contributed by atoms with E-state index in [9.17, 15) is 4.79 Å². The molecule has 4 heterocycles. The molecule has 0 bridgehead atoms. The monoisotopic (exact) mass is 414 g/mol. The molecular formula is C22H20N7O2+. The summed E-state index contributed by atoms with van der Waals surface area (Å²) >= 11 is 0. The van der Waals surface area contributed by atoms with Gasteiger partial charge in [0.1, 0.15) is 24.2 Å².